The molecule has 218 valence electrons. The molecule has 0 aromatic heterocycles. The molecule has 0 spiro atoms. The minimum atomic E-state index is -4.22. The molecule has 3 aromatic rings. The molecule has 12 heteroatoms. The number of nitrogens with one attached hydrogen (secondary N) is 1. The second kappa shape index (κ2) is 13.7. The van der Waals surface area contributed by atoms with Crippen LogP contribution in [0.2, 0.25) is 20.1 Å². The highest BCUT2D eigenvalue weighted by Gasteiger charge is 2.33. The predicted molar refractivity (Wildman–Crippen MR) is 164 cm³/mol. The van der Waals surface area contributed by atoms with Crippen LogP contribution in [0.1, 0.15) is 38.2 Å². The van der Waals surface area contributed by atoms with Crippen molar-refractivity contribution in [3.63, 3.8) is 0 Å². The molecule has 0 unspecified atom stereocenters. The van der Waals surface area contributed by atoms with E-state index in [0.717, 1.165) is 30.0 Å². The van der Waals surface area contributed by atoms with Crippen molar-refractivity contribution in [2.75, 3.05) is 10.8 Å². The van der Waals surface area contributed by atoms with E-state index < -0.39 is 28.5 Å². The van der Waals surface area contributed by atoms with Crippen LogP contribution in [0.4, 0.5) is 5.69 Å². The van der Waals surface area contributed by atoms with Crippen molar-refractivity contribution in [1.82, 2.24) is 10.2 Å². The number of hydrogen-bond donors (Lipinski definition) is 1. The third kappa shape index (κ3) is 7.67. The number of halogens is 4. The van der Waals surface area contributed by atoms with E-state index in [1.807, 2.05) is 0 Å². The van der Waals surface area contributed by atoms with Gasteiger partial charge in [0.15, 0.2) is 0 Å². The van der Waals surface area contributed by atoms with Crippen LogP contribution in [0.3, 0.4) is 0 Å². The van der Waals surface area contributed by atoms with Crippen LogP contribution < -0.4 is 9.62 Å². The van der Waals surface area contributed by atoms with Gasteiger partial charge in [-0.3, -0.25) is 13.9 Å². The summed E-state index contributed by atoms with van der Waals surface area (Å²) in [7, 11) is -4.22. The van der Waals surface area contributed by atoms with Crippen molar-refractivity contribution in [3.05, 3.63) is 92.4 Å². The van der Waals surface area contributed by atoms with E-state index in [-0.39, 0.29) is 39.1 Å². The third-order valence-electron chi connectivity index (χ3n) is 7.03. The van der Waals surface area contributed by atoms with E-state index in [1.165, 1.54) is 35.2 Å². The fourth-order valence-corrected chi connectivity index (χ4v) is 6.88. The van der Waals surface area contributed by atoms with Gasteiger partial charge in [-0.25, -0.2) is 8.42 Å². The highest BCUT2D eigenvalue weighted by molar-refractivity contribution is 7.92. The molecule has 1 aliphatic carbocycles. The van der Waals surface area contributed by atoms with Crippen molar-refractivity contribution >= 4 is 73.9 Å². The van der Waals surface area contributed by atoms with Gasteiger partial charge in [0.25, 0.3) is 10.0 Å². The van der Waals surface area contributed by atoms with Crippen LogP contribution >= 0.6 is 46.4 Å². The van der Waals surface area contributed by atoms with Crippen LogP contribution in [0.15, 0.2) is 71.6 Å². The van der Waals surface area contributed by atoms with Crippen molar-refractivity contribution < 1.29 is 18.0 Å². The molecular weight excluding hydrogens is 628 g/mol. The molecule has 41 heavy (non-hydrogen) atoms. The Morgan fingerprint density at radius 2 is 1.59 bits per heavy atom. The highest BCUT2D eigenvalue weighted by atomic mass is 35.5. The molecule has 1 aliphatic rings. The predicted octanol–water partition coefficient (Wildman–Crippen LogP) is 6.97. The maximum atomic E-state index is 14.0. The fraction of sp³-hybridized carbons (Fsp3) is 0.310. The molecule has 1 saturated carbocycles. The Hall–Kier alpha value is -2.49. The highest BCUT2D eigenvalue weighted by Crippen LogP contribution is 2.31. The normalized spacial score (nSPS) is 14.5. The fourth-order valence-electron chi connectivity index (χ4n) is 4.70. The standard InChI is InChI=1S/C29H29Cl4N3O4S/c1-19(29(38)34-22-7-5-6-8-22)35(17-20-11-12-21(30)15-26(20)32)28(37)18-36(23-13-14-25(31)27(33)16-23)41(39,40)24-9-3-2-4-10-24/h2-4,9-16,19,22H,5-8,17-18H2,1H3,(H,34,38)/t19-/m0/s1. The Morgan fingerprint density at radius 3 is 2.22 bits per heavy atom. The Labute approximate surface area is 260 Å². The summed E-state index contributed by atoms with van der Waals surface area (Å²) < 4.78 is 28.6. The van der Waals surface area contributed by atoms with E-state index in [2.05, 4.69) is 5.32 Å². The van der Waals surface area contributed by atoms with Crippen molar-refractivity contribution in [1.29, 1.82) is 0 Å². The van der Waals surface area contributed by atoms with E-state index in [0.29, 0.717) is 15.6 Å². The van der Waals surface area contributed by atoms with Crippen LogP contribution in [0.5, 0.6) is 0 Å². The third-order valence-corrected chi connectivity index (χ3v) is 10.1. The van der Waals surface area contributed by atoms with Gasteiger partial charge in [0.2, 0.25) is 11.8 Å². The van der Waals surface area contributed by atoms with Gasteiger partial charge in [-0.1, -0.05) is 83.5 Å². The topological polar surface area (TPSA) is 86.8 Å². The van der Waals surface area contributed by atoms with Gasteiger partial charge in [0.1, 0.15) is 12.6 Å². The molecule has 0 aliphatic heterocycles. The second-order valence-corrected chi connectivity index (χ2v) is 13.4. The first kappa shape index (κ1) is 31.4. The molecule has 1 fully saturated rings. The van der Waals surface area contributed by atoms with Crippen LogP contribution in [0, 0.1) is 0 Å². The quantitative estimate of drug-likeness (QED) is 0.255. The number of benzene rings is 3. The minimum Gasteiger partial charge on any atom is -0.352 e. The van der Waals surface area contributed by atoms with Gasteiger partial charge in [-0.05, 0) is 67.8 Å². The average molecular weight is 657 g/mol. The summed E-state index contributed by atoms with van der Waals surface area (Å²) in [6, 6.07) is 16.0. The maximum absolute atomic E-state index is 14.0. The summed E-state index contributed by atoms with van der Waals surface area (Å²) >= 11 is 24.8. The Bertz CT molecular complexity index is 1520. The Kier molecular flexibility index (Phi) is 10.5. The molecule has 3 aromatic carbocycles. The number of carbonyl (C=O) groups is 2. The SMILES string of the molecule is C[C@@H](C(=O)NC1CCCC1)N(Cc1ccc(Cl)cc1Cl)C(=O)CN(c1ccc(Cl)c(Cl)c1)S(=O)(=O)c1ccccc1. The zero-order chi connectivity index (χ0) is 29.7. The number of nitrogens with zero attached hydrogens (tertiary/aromatic N) is 2. The first-order valence-electron chi connectivity index (χ1n) is 13.0. The summed E-state index contributed by atoms with van der Waals surface area (Å²) in [6.07, 6.45) is 3.79. The number of carbonyl (C=O) groups excluding carboxylic acids is 2. The minimum absolute atomic E-state index is 0.0156. The van der Waals surface area contributed by atoms with Crippen LogP contribution in [-0.4, -0.2) is 43.8 Å². The first-order chi connectivity index (χ1) is 19.5. The first-order valence-corrected chi connectivity index (χ1v) is 16.0. The molecule has 1 N–H and O–H groups in total. The zero-order valence-corrected chi connectivity index (χ0v) is 26.0. The Morgan fingerprint density at radius 1 is 0.902 bits per heavy atom. The smallest absolute Gasteiger partial charge is 0.264 e. The molecule has 0 radical (unpaired) electrons. The lowest BCUT2D eigenvalue weighted by atomic mass is 10.1. The van der Waals surface area contributed by atoms with Crippen LogP contribution in [0.25, 0.3) is 0 Å². The molecule has 0 bridgehead atoms. The number of anilines is 1. The van der Waals surface area contributed by atoms with Gasteiger partial charge < -0.3 is 10.2 Å². The van der Waals surface area contributed by atoms with Gasteiger partial charge in [-0.15, -0.1) is 0 Å². The lowest BCUT2D eigenvalue weighted by Gasteiger charge is -2.32. The monoisotopic (exact) mass is 655 g/mol. The van der Waals surface area contributed by atoms with Crippen LogP contribution in [-0.2, 0) is 26.2 Å². The van der Waals surface area contributed by atoms with Gasteiger partial charge in [0, 0.05) is 22.6 Å². The number of amides is 2. The number of sulfonamides is 1. The van der Waals surface area contributed by atoms with Crippen molar-refractivity contribution in [3.8, 4) is 0 Å². The van der Waals surface area contributed by atoms with E-state index >= 15 is 0 Å². The van der Waals surface area contributed by atoms with Crippen molar-refractivity contribution in [2.45, 2.75) is 56.1 Å². The summed E-state index contributed by atoms with van der Waals surface area (Å²) in [6.45, 7) is 0.956. The molecule has 0 heterocycles. The molecule has 0 saturated heterocycles. The van der Waals surface area contributed by atoms with Gasteiger partial charge in [-0.2, -0.15) is 0 Å². The summed E-state index contributed by atoms with van der Waals surface area (Å²) in [5, 5.41) is 4.12. The van der Waals surface area contributed by atoms with Gasteiger partial charge in [0.05, 0.1) is 20.6 Å². The summed E-state index contributed by atoms with van der Waals surface area (Å²) in [5.74, 6) is -0.946. The maximum Gasteiger partial charge on any atom is 0.264 e. The largest absolute Gasteiger partial charge is 0.352 e. The average Bonchev–Trinajstić information content (AvgIpc) is 3.46. The lowest BCUT2D eigenvalue weighted by Crippen LogP contribution is -2.52. The molecule has 1 atom stereocenters. The summed E-state index contributed by atoms with van der Waals surface area (Å²) in [4.78, 5) is 28.6. The zero-order valence-electron chi connectivity index (χ0n) is 22.2. The molecule has 2 amide bonds. The second-order valence-electron chi connectivity index (χ2n) is 9.85. The molecule has 4 rings (SSSR count). The van der Waals surface area contributed by atoms with Crippen molar-refractivity contribution in [2.24, 2.45) is 0 Å². The summed E-state index contributed by atoms with van der Waals surface area (Å²) in [5.41, 5.74) is 0.695. The Balaban J connectivity index is 1.71. The molecule has 7 nitrogen and oxygen atoms in total. The van der Waals surface area contributed by atoms with E-state index in [1.54, 1.807) is 43.3 Å². The lowest BCUT2D eigenvalue weighted by molar-refractivity contribution is -0.139. The van der Waals surface area contributed by atoms with E-state index in [4.69, 9.17) is 46.4 Å². The number of rotatable bonds is 10. The van der Waals surface area contributed by atoms with E-state index in [9.17, 15) is 18.0 Å². The molecular formula is C29H29Cl4N3O4S. The van der Waals surface area contributed by atoms with Gasteiger partial charge >= 0.3 is 0 Å². The number of hydrogen-bond acceptors (Lipinski definition) is 4.